The van der Waals surface area contributed by atoms with Crippen molar-refractivity contribution >= 4 is 0 Å². The summed E-state index contributed by atoms with van der Waals surface area (Å²) >= 11 is 0. The Labute approximate surface area is 94.3 Å². The summed E-state index contributed by atoms with van der Waals surface area (Å²) < 4.78 is 24.1. The Hall–Kier alpha value is -1.13. The van der Waals surface area contributed by atoms with Gasteiger partial charge >= 0.3 is 0 Å². The first-order valence-electron chi connectivity index (χ1n) is 5.52. The summed E-state index contributed by atoms with van der Waals surface area (Å²) in [6, 6.07) is 4.43. The predicted octanol–water partition coefficient (Wildman–Crippen LogP) is 1.84. The molecule has 1 atom stereocenters. The van der Waals surface area contributed by atoms with Crippen molar-refractivity contribution in [2.75, 3.05) is 13.2 Å². The third-order valence-electron chi connectivity index (χ3n) is 2.65. The zero-order valence-corrected chi connectivity index (χ0v) is 9.12. The average Bonchev–Trinajstić information content (AvgIpc) is 2.33. The van der Waals surface area contributed by atoms with E-state index in [-0.39, 0.29) is 18.5 Å². The van der Waals surface area contributed by atoms with Gasteiger partial charge in [-0.25, -0.2) is 4.39 Å². The van der Waals surface area contributed by atoms with E-state index in [4.69, 9.17) is 15.2 Å². The minimum Gasteiger partial charge on any atom is -0.488 e. The Kier molecular flexibility index (Phi) is 3.74. The highest BCUT2D eigenvalue weighted by Gasteiger charge is 2.16. The van der Waals surface area contributed by atoms with Crippen molar-refractivity contribution in [2.45, 2.75) is 25.5 Å². The molecule has 1 fully saturated rings. The van der Waals surface area contributed by atoms with Gasteiger partial charge in [0.1, 0.15) is 17.7 Å². The van der Waals surface area contributed by atoms with E-state index in [1.807, 2.05) is 0 Å². The molecule has 1 unspecified atom stereocenters. The van der Waals surface area contributed by atoms with Gasteiger partial charge in [-0.3, -0.25) is 0 Å². The van der Waals surface area contributed by atoms with Gasteiger partial charge in [0.15, 0.2) is 0 Å². The molecule has 1 heterocycles. The van der Waals surface area contributed by atoms with Crippen LogP contribution in [0.4, 0.5) is 4.39 Å². The second-order valence-electron chi connectivity index (χ2n) is 3.91. The first-order chi connectivity index (χ1) is 7.79. The summed E-state index contributed by atoms with van der Waals surface area (Å²) in [4.78, 5) is 0. The second-order valence-corrected chi connectivity index (χ2v) is 3.91. The monoisotopic (exact) mass is 225 g/mol. The van der Waals surface area contributed by atoms with E-state index in [9.17, 15) is 4.39 Å². The molecule has 1 aliphatic rings. The van der Waals surface area contributed by atoms with Crippen molar-refractivity contribution in [3.8, 4) is 5.75 Å². The number of ether oxygens (including phenoxy) is 2. The van der Waals surface area contributed by atoms with Crippen LogP contribution < -0.4 is 10.5 Å². The van der Waals surface area contributed by atoms with Crippen LogP contribution in [0.3, 0.4) is 0 Å². The molecule has 88 valence electrons. The van der Waals surface area contributed by atoms with Crippen LogP contribution in [0.15, 0.2) is 18.2 Å². The van der Waals surface area contributed by atoms with Crippen molar-refractivity contribution in [1.82, 2.24) is 0 Å². The zero-order chi connectivity index (χ0) is 11.4. The minimum atomic E-state index is -0.285. The molecule has 0 aliphatic carbocycles. The summed E-state index contributed by atoms with van der Waals surface area (Å²) in [7, 11) is 0. The van der Waals surface area contributed by atoms with E-state index in [0.29, 0.717) is 17.9 Å². The lowest BCUT2D eigenvalue weighted by molar-refractivity contribution is 0.00702. The molecule has 1 aromatic carbocycles. The summed E-state index contributed by atoms with van der Waals surface area (Å²) in [6.45, 7) is 1.68. The number of hydrogen-bond donors (Lipinski definition) is 1. The van der Waals surface area contributed by atoms with Gasteiger partial charge in [0, 0.05) is 18.7 Å². The molecule has 0 amide bonds. The number of rotatable bonds is 3. The molecule has 2 rings (SSSR count). The molecule has 3 nitrogen and oxygen atoms in total. The summed E-state index contributed by atoms with van der Waals surface area (Å²) in [5.74, 6) is 0.382. The lowest BCUT2D eigenvalue weighted by Crippen LogP contribution is -2.28. The smallest absolute Gasteiger partial charge is 0.124 e. The van der Waals surface area contributed by atoms with Crippen LogP contribution >= 0.6 is 0 Å². The van der Waals surface area contributed by atoms with E-state index in [2.05, 4.69) is 0 Å². The molecule has 0 spiro atoms. The number of nitrogens with two attached hydrogens (primary N) is 1. The van der Waals surface area contributed by atoms with Crippen molar-refractivity contribution in [3.63, 3.8) is 0 Å². The van der Waals surface area contributed by atoms with Gasteiger partial charge in [-0.05, 0) is 31.0 Å². The summed E-state index contributed by atoms with van der Waals surface area (Å²) in [6.07, 6.45) is 2.04. The largest absolute Gasteiger partial charge is 0.488 e. The quantitative estimate of drug-likeness (QED) is 0.853. The lowest BCUT2D eigenvalue weighted by Gasteiger charge is -2.24. The van der Waals surface area contributed by atoms with Crippen LogP contribution in [0.1, 0.15) is 18.4 Å². The van der Waals surface area contributed by atoms with Gasteiger partial charge in [-0.1, -0.05) is 0 Å². The minimum absolute atomic E-state index is 0.0597. The normalized spacial score (nSPS) is 20.8. The highest BCUT2D eigenvalue weighted by Crippen LogP contribution is 2.22. The Balaban J connectivity index is 2.07. The Bertz CT molecular complexity index is 351. The van der Waals surface area contributed by atoms with E-state index in [1.54, 1.807) is 6.07 Å². The van der Waals surface area contributed by atoms with Gasteiger partial charge in [-0.2, -0.15) is 0 Å². The van der Waals surface area contributed by atoms with Crippen molar-refractivity contribution < 1.29 is 13.9 Å². The lowest BCUT2D eigenvalue weighted by atomic mass is 10.1. The maximum atomic E-state index is 13.0. The molecule has 1 saturated heterocycles. The molecule has 0 radical (unpaired) electrons. The number of halogens is 1. The molecule has 1 aliphatic heterocycles. The highest BCUT2D eigenvalue weighted by atomic mass is 19.1. The Morgan fingerprint density at radius 3 is 3.06 bits per heavy atom. The topological polar surface area (TPSA) is 44.5 Å². The highest BCUT2D eigenvalue weighted by molar-refractivity contribution is 5.34. The SMILES string of the molecule is NCc1cc(F)ccc1OC1CCCOC1. The molecule has 1 aromatic rings. The van der Waals surface area contributed by atoms with Gasteiger partial charge < -0.3 is 15.2 Å². The van der Waals surface area contributed by atoms with Crippen LogP contribution in [-0.4, -0.2) is 19.3 Å². The standard InChI is InChI=1S/C12H16FNO2/c13-10-3-4-12(9(6-10)7-14)16-11-2-1-5-15-8-11/h3-4,6,11H,1-2,5,7-8,14H2. The van der Waals surface area contributed by atoms with Crippen molar-refractivity contribution in [3.05, 3.63) is 29.6 Å². The maximum Gasteiger partial charge on any atom is 0.124 e. The molecule has 0 bridgehead atoms. The fourth-order valence-electron chi connectivity index (χ4n) is 1.81. The molecule has 0 saturated carbocycles. The number of hydrogen-bond acceptors (Lipinski definition) is 3. The first kappa shape index (κ1) is 11.4. The predicted molar refractivity (Wildman–Crippen MR) is 58.8 cm³/mol. The van der Waals surface area contributed by atoms with E-state index in [1.165, 1.54) is 12.1 Å². The summed E-state index contributed by atoms with van der Waals surface area (Å²) in [5, 5.41) is 0. The fourth-order valence-corrected chi connectivity index (χ4v) is 1.81. The van der Waals surface area contributed by atoms with E-state index >= 15 is 0 Å². The number of benzene rings is 1. The molecule has 2 N–H and O–H groups in total. The maximum absolute atomic E-state index is 13.0. The van der Waals surface area contributed by atoms with E-state index < -0.39 is 0 Å². The Morgan fingerprint density at radius 2 is 2.38 bits per heavy atom. The molecule has 16 heavy (non-hydrogen) atoms. The molecular weight excluding hydrogens is 209 g/mol. The third-order valence-corrected chi connectivity index (χ3v) is 2.65. The average molecular weight is 225 g/mol. The molecular formula is C12H16FNO2. The molecule has 0 aromatic heterocycles. The summed E-state index contributed by atoms with van der Waals surface area (Å²) in [5.41, 5.74) is 6.25. The van der Waals surface area contributed by atoms with E-state index in [0.717, 1.165) is 19.4 Å². The molecule has 4 heteroatoms. The van der Waals surface area contributed by atoms with Crippen molar-refractivity contribution in [2.24, 2.45) is 5.73 Å². The van der Waals surface area contributed by atoms with Crippen LogP contribution in [0.5, 0.6) is 5.75 Å². The van der Waals surface area contributed by atoms with Crippen LogP contribution in [0.2, 0.25) is 0 Å². The third kappa shape index (κ3) is 2.71. The van der Waals surface area contributed by atoms with Crippen LogP contribution in [0, 0.1) is 5.82 Å². The van der Waals surface area contributed by atoms with Gasteiger partial charge in [0.05, 0.1) is 6.61 Å². The first-order valence-corrected chi connectivity index (χ1v) is 5.52. The fraction of sp³-hybridized carbons (Fsp3) is 0.500. The van der Waals surface area contributed by atoms with Crippen molar-refractivity contribution in [1.29, 1.82) is 0 Å². The van der Waals surface area contributed by atoms with Gasteiger partial charge in [-0.15, -0.1) is 0 Å². The van der Waals surface area contributed by atoms with Gasteiger partial charge in [0.25, 0.3) is 0 Å². The van der Waals surface area contributed by atoms with Gasteiger partial charge in [0.2, 0.25) is 0 Å². The Morgan fingerprint density at radius 1 is 1.50 bits per heavy atom. The second kappa shape index (κ2) is 5.27. The van der Waals surface area contributed by atoms with Crippen LogP contribution in [-0.2, 0) is 11.3 Å². The zero-order valence-electron chi connectivity index (χ0n) is 9.12. The van der Waals surface area contributed by atoms with Crippen LogP contribution in [0.25, 0.3) is 0 Å².